The van der Waals surface area contributed by atoms with Crippen LogP contribution in [-0.4, -0.2) is 52.5 Å². The lowest BCUT2D eigenvalue weighted by Crippen LogP contribution is -2.32. The molecule has 0 bridgehead atoms. The number of nitrogens with zero attached hydrogens (tertiary/aromatic N) is 1. The van der Waals surface area contributed by atoms with Gasteiger partial charge >= 0.3 is 11.9 Å². The summed E-state index contributed by atoms with van der Waals surface area (Å²) in [7, 11) is -0.0267. The Kier molecular flexibility index (Phi) is 5.86. The average molecular weight is 315 g/mol. The zero-order valence-corrected chi connectivity index (χ0v) is 12.8. The van der Waals surface area contributed by atoms with Crippen molar-refractivity contribution in [3.8, 4) is 0 Å². The van der Waals surface area contributed by atoms with Crippen molar-refractivity contribution in [2.24, 2.45) is 0 Å². The van der Waals surface area contributed by atoms with Crippen LogP contribution in [0.4, 0.5) is 0 Å². The van der Waals surface area contributed by atoms with Crippen LogP contribution in [0.3, 0.4) is 0 Å². The Labute approximate surface area is 123 Å². The van der Waals surface area contributed by atoms with Gasteiger partial charge in [0.2, 0.25) is 10.0 Å². The van der Waals surface area contributed by atoms with Crippen molar-refractivity contribution in [3.05, 3.63) is 29.8 Å². The summed E-state index contributed by atoms with van der Waals surface area (Å²) in [6.07, 6.45) is 0.0643. The molecule has 8 heteroatoms. The molecule has 21 heavy (non-hydrogen) atoms. The molecule has 0 fully saturated rings. The second-order valence-electron chi connectivity index (χ2n) is 4.23. The number of sulfonamides is 1. The summed E-state index contributed by atoms with van der Waals surface area (Å²) in [6, 6.07) is 5.80. The Morgan fingerprint density at radius 1 is 1.05 bits per heavy atom. The maximum Gasteiger partial charge on any atom is 0.321 e. The summed E-state index contributed by atoms with van der Waals surface area (Å²) in [4.78, 5) is 22.3. The zero-order chi connectivity index (χ0) is 16.0. The fraction of sp³-hybridized carbons (Fsp3) is 0.385. The van der Waals surface area contributed by atoms with Gasteiger partial charge in [-0.1, -0.05) is 12.1 Å². The molecule has 0 N–H and O–H groups in total. The normalized spacial score (nSPS) is 11.2. The molecule has 0 aliphatic heterocycles. The molecule has 1 aromatic carbocycles. The fourth-order valence-corrected chi connectivity index (χ4v) is 2.64. The Balaban J connectivity index is 2.89. The van der Waals surface area contributed by atoms with Gasteiger partial charge in [-0.15, -0.1) is 0 Å². The number of likely N-dealkylation sites (N-methyl/N-ethyl adjacent to an activating group) is 1. The first-order valence-electron chi connectivity index (χ1n) is 6.00. The molecule has 0 saturated heterocycles. The van der Waals surface area contributed by atoms with Crippen molar-refractivity contribution in [2.75, 3.05) is 27.8 Å². The van der Waals surface area contributed by atoms with Crippen LogP contribution in [0.25, 0.3) is 0 Å². The molecule has 0 heterocycles. The minimum absolute atomic E-state index is 0.0301. The molecular formula is C13H17NO6S. The number of carbonyl (C=O) groups excluding carboxylic acids is 2. The van der Waals surface area contributed by atoms with Crippen LogP contribution in [0.1, 0.15) is 5.56 Å². The predicted molar refractivity (Wildman–Crippen MR) is 74.0 cm³/mol. The van der Waals surface area contributed by atoms with Crippen molar-refractivity contribution in [3.63, 3.8) is 0 Å². The number of hydrogen-bond acceptors (Lipinski definition) is 6. The number of carbonyl (C=O) groups is 2. The number of hydrogen-bond donors (Lipinski definition) is 0. The first kappa shape index (κ1) is 17.1. The van der Waals surface area contributed by atoms with Crippen LogP contribution in [0.15, 0.2) is 29.2 Å². The number of ether oxygens (including phenoxy) is 2. The van der Waals surface area contributed by atoms with E-state index in [4.69, 9.17) is 0 Å². The van der Waals surface area contributed by atoms with Crippen molar-refractivity contribution < 1.29 is 27.5 Å². The van der Waals surface area contributed by atoms with E-state index in [-0.39, 0.29) is 17.9 Å². The van der Waals surface area contributed by atoms with Gasteiger partial charge in [-0.25, -0.2) is 8.42 Å². The Hall–Kier alpha value is -1.93. The third kappa shape index (κ3) is 4.54. The highest BCUT2D eigenvalue weighted by Crippen LogP contribution is 2.15. The average Bonchev–Trinajstić information content (AvgIpc) is 2.47. The third-order valence-corrected chi connectivity index (χ3v) is 4.60. The van der Waals surface area contributed by atoms with Crippen LogP contribution in [0.2, 0.25) is 0 Å². The van der Waals surface area contributed by atoms with E-state index in [2.05, 4.69) is 9.47 Å². The van der Waals surface area contributed by atoms with E-state index in [0.29, 0.717) is 5.56 Å². The SMILES string of the molecule is COC(=O)Cc1ccc(S(=O)(=O)N(C)CC(=O)OC)cc1. The maximum absolute atomic E-state index is 12.2. The third-order valence-electron chi connectivity index (χ3n) is 2.79. The Morgan fingerprint density at radius 2 is 1.57 bits per heavy atom. The summed E-state index contributed by atoms with van der Waals surface area (Å²) in [5.74, 6) is -1.06. The highest BCUT2D eigenvalue weighted by atomic mass is 32.2. The van der Waals surface area contributed by atoms with E-state index >= 15 is 0 Å². The summed E-state index contributed by atoms with van der Waals surface area (Å²) in [5.41, 5.74) is 0.636. The fourth-order valence-electron chi connectivity index (χ4n) is 1.53. The second kappa shape index (κ2) is 7.19. The summed E-state index contributed by atoms with van der Waals surface area (Å²) < 4.78 is 34.3. The summed E-state index contributed by atoms with van der Waals surface area (Å²) in [5, 5.41) is 0. The van der Waals surface area contributed by atoms with Gasteiger partial charge in [0.15, 0.2) is 0 Å². The topological polar surface area (TPSA) is 90.0 Å². The molecule has 0 spiro atoms. The molecule has 0 unspecified atom stereocenters. The van der Waals surface area contributed by atoms with Gasteiger partial charge in [0.05, 0.1) is 25.5 Å². The minimum atomic E-state index is -3.78. The standard InChI is InChI=1S/C13H17NO6S/c1-14(9-13(16)20-3)21(17,18)11-6-4-10(5-7-11)8-12(15)19-2/h4-7H,8-9H2,1-3H3. The molecule has 7 nitrogen and oxygen atoms in total. The molecule has 1 aromatic rings. The smallest absolute Gasteiger partial charge is 0.321 e. The number of rotatable bonds is 6. The Morgan fingerprint density at radius 3 is 2.05 bits per heavy atom. The van der Waals surface area contributed by atoms with Crippen LogP contribution in [-0.2, 0) is 35.5 Å². The second-order valence-corrected chi connectivity index (χ2v) is 6.28. The summed E-state index contributed by atoms with van der Waals surface area (Å²) >= 11 is 0. The van der Waals surface area contributed by atoms with E-state index in [1.807, 2.05) is 0 Å². The Bertz CT molecular complexity index is 608. The van der Waals surface area contributed by atoms with E-state index in [1.54, 1.807) is 0 Å². The van der Waals surface area contributed by atoms with Gasteiger partial charge < -0.3 is 9.47 Å². The molecule has 1 rings (SSSR count). The predicted octanol–water partition coefficient (Wildman–Crippen LogP) is 0.196. The monoisotopic (exact) mass is 315 g/mol. The molecule has 0 aliphatic carbocycles. The molecule has 0 atom stereocenters. The van der Waals surface area contributed by atoms with Crippen LogP contribution in [0, 0.1) is 0 Å². The lowest BCUT2D eigenvalue weighted by atomic mass is 10.2. The molecule has 0 aliphatic rings. The maximum atomic E-state index is 12.2. The summed E-state index contributed by atoms with van der Waals surface area (Å²) in [6.45, 7) is -0.372. The van der Waals surface area contributed by atoms with Crippen molar-refractivity contribution in [1.82, 2.24) is 4.31 Å². The molecular weight excluding hydrogens is 298 g/mol. The number of methoxy groups -OCH3 is 2. The van der Waals surface area contributed by atoms with Crippen LogP contribution < -0.4 is 0 Å². The van der Waals surface area contributed by atoms with Crippen LogP contribution in [0.5, 0.6) is 0 Å². The number of benzene rings is 1. The molecule has 0 radical (unpaired) electrons. The molecule has 0 amide bonds. The lowest BCUT2D eigenvalue weighted by molar-refractivity contribution is -0.141. The lowest BCUT2D eigenvalue weighted by Gasteiger charge is -2.15. The van der Waals surface area contributed by atoms with Gasteiger partial charge in [-0.2, -0.15) is 4.31 Å². The van der Waals surface area contributed by atoms with E-state index in [0.717, 1.165) is 4.31 Å². The first-order chi connectivity index (χ1) is 9.81. The van der Waals surface area contributed by atoms with Crippen LogP contribution >= 0.6 is 0 Å². The van der Waals surface area contributed by atoms with Gasteiger partial charge in [-0.05, 0) is 17.7 Å². The minimum Gasteiger partial charge on any atom is -0.469 e. The van der Waals surface area contributed by atoms with Gasteiger partial charge in [-0.3, -0.25) is 9.59 Å². The largest absolute Gasteiger partial charge is 0.469 e. The van der Waals surface area contributed by atoms with Crippen molar-refractivity contribution >= 4 is 22.0 Å². The van der Waals surface area contributed by atoms with Gasteiger partial charge in [0, 0.05) is 7.05 Å². The number of esters is 2. The molecule has 116 valence electrons. The highest BCUT2D eigenvalue weighted by molar-refractivity contribution is 7.89. The van der Waals surface area contributed by atoms with Gasteiger partial charge in [0.1, 0.15) is 6.54 Å². The highest BCUT2D eigenvalue weighted by Gasteiger charge is 2.23. The first-order valence-corrected chi connectivity index (χ1v) is 7.44. The van der Waals surface area contributed by atoms with E-state index < -0.39 is 22.0 Å². The van der Waals surface area contributed by atoms with E-state index in [9.17, 15) is 18.0 Å². The van der Waals surface area contributed by atoms with Crippen molar-refractivity contribution in [1.29, 1.82) is 0 Å². The van der Waals surface area contributed by atoms with Gasteiger partial charge in [0.25, 0.3) is 0 Å². The molecule has 0 aromatic heterocycles. The van der Waals surface area contributed by atoms with Crippen molar-refractivity contribution in [2.45, 2.75) is 11.3 Å². The quantitative estimate of drug-likeness (QED) is 0.696. The molecule has 0 saturated carbocycles. The van der Waals surface area contributed by atoms with E-state index in [1.165, 1.54) is 45.5 Å². The zero-order valence-electron chi connectivity index (χ0n) is 12.0.